The van der Waals surface area contributed by atoms with Gasteiger partial charge in [0.25, 0.3) is 0 Å². The zero-order chi connectivity index (χ0) is 21.2. The fraction of sp³-hybridized carbons (Fsp3) is 0.286. The molecule has 154 valence electrons. The van der Waals surface area contributed by atoms with Crippen LogP contribution in [0.1, 0.15) is 30.9 Å². The van der Waals surface area contributed by atoms with Gasteiger partial charge in [0.2, 0.25) is 11.8 Å². The molecule has 0 aliphatic carbocycles. The Labute approximate surface area is 184 Å². The van der Waals surface area contributed by atoms with Gasteiger partial charge in [-0.05, 0) is 66.3 Å². The molecule has 0 aliphatic heterocycles. The second-order valence-electron chi connectivity index (χ2n) is 6.17. The molecule has 8 heteroatoms. The van der Waals surface area contributed by atoms with Crippen molar-refractivity contribution in [2.24, 2.45) is 5.10 Å². The monoisotopic (exact) mass is 509 g/mol. The molecule has 0 radical (unpaired) electrons. The summed E-state index contributed by atoms with van der Waals surface area (Å²) < 4.78 is 11.8. The summed E-state index contributed by atoms with van der Waals surface area (Å²) in [5.41, 5.74) is 5.00. The highest BCUT2D eigenvalue weighted by Gasteiger charge is 2.11. The molecule has 0 aliphatic rings. The molecule has 0 aromatic heterocycles. The molecular formula is C21H24IN3O4. The van der Waals surface area contributed by atoms with Crippen LogP contribution in [0.2, 0.25) is 0 Å². The van der Waals surface area contributed by atoms with E-state index in [0.717, 1.165) is 14.7 Å². The lowest BCUT2D eigenvalue weighted by molar-refractivity contribution is -0.124. The van der Waals surface area contributed by atoms with Crippen molar-refractivity contribution in [2.45, 2.75) is 26.7 Å². The summed E-state index contributed by atoms with van der Waals surface area (Å²) in [6.07, 6.45) is 1.63. The summed E-state index contributed by atoms with van der Waals surface area (Å²) >= 11 is 2.16. The van der Waals surface area contributed by atoms with Crippen LogP contribution >= 0.6 is 22.6 Å². The Morgan fingerprint density at radius 2 is 1.83 bits per heavy atom. The van der Waals surface area contributed by atoms with E-state index in [1.807, 2.05) is 44.2 Å². The Bertz CT molecular complexity index is 882. The number of ether oxygens (including phenoxy) is 2. The number of hydrogen-bond donors (Lipinski definition) is 2. The lowest BCUT2D eigenvalue weighted by atomic mass is 10.2. The van der Waals surface area contributed by atoms with Crippen LogP contribution in [0.4, 0.5) is 5.69 Å². The number of rotatable bonds is 9. The molecule has 0 bridgehead atoms. The molecule has 2 rings (SSSR count). The zero-order valence-electron chi connectivity index (χ0n) is 16.6. The van der Waals surface area contributed by atoms with Crippen LogP contribution in [0.25, 0.3) is 0 Å². The van der Waals surface area contributed by atoms with Gasteiger partial charge >= 0.3 is 0 Å². The van der Waals surface area contributed by atoms with E-state index in [2.05, 4.69) is 38.4 Å². The number of hydrogen-bond acceptors (Lipinski definition) is 5. The maximum absolute atomic E-state index is 11.9. The van der Waals surface area contributed by atoms with Gasteiger partial charge in [-0.25, -0.2) is 5.43 Å². The molecule has 0 saturated heterocycles. The van der Waals surface area contributed by atoms with Gasteiger partial charge in [0.05, 0.1) is 23.5 Å². The normalized spacial score (nSPS) is 10.6. The Hall–Kier alpha value is -2.62. The van der Waals surface area contributed by atoms with E-state index in [-0.39, 0.29) is 24.7 Å². The summed E-state index contributed by atoms with van der Waals surface area (Å²) in [5, 5.41) is 6.71. The van der Waals surface area contributed by atoms with Crippen molar-refractivity contribution in [3.05, 3.63) is 51.1 Å². The summed E-state index contributed by atoms with van der Waals surface area (Å²) in [7, 11) is 1.57. The van der Waals surface area contributed by atoms with Gasteiger partial charge in [0, 0.05) is 18.5 Å². The molecule has 2 aromatic rings. The van der Waals surface area contributed by atoms with E-state index in [1.165, 1.54) is 6.21 Å². The predicted molar refractivity (Wildman–Crippen MR) is 122 cm³/mol. The zero-order valence-corrected chi connectivity index (χ0v) is 18.8. The second kappa shape index (κ2) is 11.4. The molecule has 2 amide bonds. The van der Waals surface area contributed by atoms with Crippen molar-refractivity contribution in [1.29, 1.82) is 0 Å². The van der Waals surface area contributed by atoms with Crippen LogP contribution < -0.4 is 20.2 Å². The average Bonchev–Trinajstić information content (AvgIpc) is 2.70. The number of aryl methyl sites for hydroxylation is 1. The van der Waals surface area contributed by atoms with Crippen molar-refractivity contribution in [3.63, 3.8) is 0 Å². The molecule has 0 saturated carbocycles. The fourth-order valence-electron chi connectivity index (χ4n) is 2.42. The standard InChI is InChI=1S/C21H24IN3O4/c1-4-29-21-17(22)11-15(12-18(21)28-3)13-23-25-20(27)10-9-19(26)24-16-7-5-14(2)6-8-16/h5-8,11-13H,4,9-10H2,1-3H3,(H,24,26)(H,25,27). The van der Waals surface area contributed by atoms with E-state index in [0.29, 0.717) is 23.8 Å². The first-order valence-corrected chi connectivity index (χ1v) is 10.2. The van der Waals surface area contributed by atoms with Gasteiger partial charge in [0.1, 0.15) is 0 Å². The Balaban J connectivity index is 1.84. The van der Waals surface area contributed by atoms with Gasteiger partial charge in [0.15, 0.2) is 11.5 Å². The van der Waals surface area contributed by atoms with E-state index in [1.54, 1.807) is 13.2 Å². The minimum atomic E-state index is -0.340. The molecular weight excluding hydrogens is 485 g/mol. The maximum Gasteiger partial charge on any atom is 0.240 e. The SMILES string of the molecule is CCOc1c(I)cc(C=NNC(=O)CCC(=O)Nc2ccc(C)cc2)cc1OC. The number of anilines is 1. The third kappa shape index (κ3) is 7.37. The molecule has 7 nitrogen and oxygen atoms in total. The van der Waals surface area contributed by atoms with Crippen LogP contribution in [0.15, 0.2) is 41.5 Å². The molecule has 0 spiro atoms. The topological polar surface area (TPSA) is 89.0 Å². The number of methoxy groups -OCH3 is 1. The summed E-state index contributed by atoms with van der Waals surface area (Å²) in [4.78, 5) is 23.8. The quantitative estimate of drug-likeness (QED) is 0.305. The van der Waals surface area contributed by atoms with Crippen molar-refractivity contribution < 1.29 is 19.1 Å². The number of hydrazone groups is 1. The first kappa shape index (κ1) is 22.7. The predicted octanol–water partition coefficient (Wildman–Crippen LogP) is 3.88. The van der Waals surface area contributed by atoms with Gasteiger partial charge in [-0.3, -0.25) is 9.59 Å². The van der Waals surface area contributed by atoms with Gasteiger partial charge in [-0.1, -0.05) is 17.7 Å². The third-order valence-corrected chi connectivity index (χ3v) is 4.66. The Kier molecular flexibility index (Phi) is 8.91. The van der Waals surface area contributed by atoms with Gasteiger partial charge in [-0.2, -0.15) is 5.10 Å². The van der Waals surface area contributed by atoms with Crippen LogP contribution in [0.5, 0.6) is 11.5 Å². The van der Waals surface area contributed by atoms with E-state index < -0.39 is 0 Å². The van der Waals surface area contributed by atoms with Gasteiger partial charge < -0.3 is 14.8 Å². The highest BCUT2D eigenvalue weighted by Crippen LogP contribution is 2.33. The second-order valence-corrected chi connectivity index (χ2v) is 7.34. The highest BCUT2D eigenvalue weighted by molar-refractivity contribution is 14.1. The van der Waals surface area contributed by atoms with Crippen molar-refractivity contribution in [1.82, 2.24) is 5.43 Å². The number of amides is 2. The first-order chi connectivity index (χ1) is 13.9. The minimum Gasteiger partial charge on any atom is -0.493 e. The maximum atomic E-state index is 11.9. The summed E-state index contributed by atoms with van der Waals surface area (Å²) in [6.45, 7) is 4.41. The number of carbonyl (C=O) groups is 2. The van der Waals surface area contributed by atoms with Crippen LogP contribution in [0.3, 0.4) is 0 Å². The highest BCUT2D eigenvalue weighted by atomic mass is 127. The van der Waals surface area contributed by atoms with E-state index in [4.69, 9.17) is 9.47 Å². The molecule has 0 atom stereocenters. The van der Waals surface area contributed by atoms with Crippen molar-refractivity contribution in [3.8, 4) is 11.5 Å². The lowest BCUT2D eigenvalue weighted by Gasteiger charge is -2.12. The number of nitrogens with one attached hydrogen (secondary N) is 2. The first-order valence-electron chi connectivity index (χ1n) is 9.11. The molecule has 2 N–H and O–H groups in total. The number of halogens is 1. The smallest absolute Gasteiger partial charge is 0.240 e. The molecule has 0 fully saturated rings. The van der Waals surface area contributed by atoms with Crippen LogP contribution in [-0.4, -0.2) is 31.7 Å². The van der Waals surface area contributed by atoms with Crippen molar-refractivity contribution >= 4 is 46.3 Å². The van der Waals surface area contributed by atoms with Crippen LogP contribution in [-0.2, 0) is 9.59 Å². The van der Waals surface area contributed by atoms with E-state index >= 15 is 0 Å². The number of nitrogens with zero attached hydrogens (tertiary/aromatic N) is 1. The Morgan fingerprint density at radius 3 is 2.48 bits per heavy atom. The fourth-order valence-corrected chi connectivity index (χ4v) is 3.20. The van der Waals surface area contributed by atoms with Crippen LogP contribution in [0, 0.1) is 10.5 Å². The molecule has 2 aromatic carbocycles. The molecule has 29 heavy (non-hydrogen) atoms. The van der Waals surface area contributed by atoms with Gasteiger partial charge in [-0.15, -0.1) is 0 Å². The number of carbonyl (C=O) groups excluding carboxylic acids is 2. The third-order valence-electron chi connectivity index (χ3n) is 3.86. The minimum absolute atomic E-state index is 0.0408. The average molecular weight is 509 g/mol. The number of benzene rings is 2. The summed E-state index contributed by atoms with van der Waals surface area (Å²) in [6, 6.07) is 11.1. The molecule has 0 heterocycles. The summed E-state index contributed by atoms with van der Waals surface area (Å²) in [5.74, 6) is 0.711. The largest absolute Gasteiger partial charge is 0.493 e. The lowest BCUT2D eigenvalue weighted by Crippen LogP contribution is -2.20. The molecule has 0 unspecified atom stereocenters. The van der Waals surface area contributed by atoms with Crippen molar-refractivity contribution in [2.75, 3.05) is 19.0 Å². The Morgan fingerprint density at radius 1 is 1.14 bits per heavy atom. The van der Waals surface area contributed by atoms with E-state index in [9.17, 15) is 9.59 Å².